The molecule has 3 aromatic rings. The van der Waals surface area contributed by atoms with Gasteiger partial charge in [0.15, 0.2) is 6.61 Å². The summed E-state index contributed by atoms with van der Waals surface area (Å²) in [6, 6.07) is 13.6. The number of ether oxygens (including phenoxy) is 1. The van der Waals surface area contributed by atoms with Gasteiger partial charge in [-0.2, -0.15) is 0 Å². The van der Waals surface area contributed by atoms with Crippen LogP contribution in [0.5, 0.6) is 5.75 Å². The normalized spacial score (nSPS) is 10.8. The number of hydrogen-bond donors (Lipinski definition) is 1. The van der Waals surface area contributed by atoms with Crippen LogP contribution in [-0.2, 0) is 0 Å². The van der Waals surface area contributed by atoms with Gasteiger partial charge in [-0.05, 0) is 37.1 Å². The van der Waals surface area contributed by atoms with Crippen molar-refractivity contribution < 1.29 is 9.53 Å². The monoisotopic (exact) mass is 279 g/mol. The molecule has 0 radical (unpaired) electrons. The molecule has 0 aliphatic carbocycles. The van der Waals surface area contributed by atoms with Crippen molar-refractivity contribution in [1.29, 1.82) is 0 Å². The lowest BCUT2D eigenvalue weighted by Crippen LogP contribution is -2.11. The predicted octanol–water partition coefficient (Wildman–Crippen LogP) is 4.05. The summed E-state index contributed by atoms with van der Waals surface area (Å²) >= 11 is 0. The molecule has 0 fully saturated rings. The van der Waals surface area contributed by atoms with E-state index in [0.717, 1.165) is 27.8 Å². The maximum Gasteiger partial charge on any atom is 0.202 e. The summed E-state index contributed by atoms with van der Waals surface area (Å²) in [7, 11) is 0. The molecule has 0 aliphatic heterocycles. The lowest BCUT2D eigenvalue weighted by Gasteiger charge is -2.10. The Morgan fingerprint density at radius 3 is 2.76 bits per heavy atom. The van der Waals surface area contributed by atoms with Gasteiger partial charge in [0, 0.05) is 22.7 Å². The number of nitrogens with one attached hydrogen (secondary N) is 1. The van der Waals surface area contributed by atoms with Crippen LogP contribution in [0.25, 0.3) is 10.9 Å². The minimum absolute atomic E-state index is 0.0200. The molecular formula is C18H17NO2. The lowest BCUT2D eigenvalue weighted by molar-refractivity contribution is 0.0923. The van der Waals surface area contributed by atoms with E-state index >= 15 is 0 Å². The molecular weight excluding hydrogens is 262 g/mol. The molecule has 0 atom stereocenters. The Morgan fingerprint density at radius 2 is 1.90 bits per heavy atom. The molecule has 0 spiro atoms. The fourth-order valence-electron chi connectivity index (χ4n) is 2.40. The maximum atomic E-state index is 12.3. The Kier molecular flexibility index (Phi) is 3.48. The molecule has 0 saturated carbocycles. The highest BCUT2D eigenvalue weighted by atomic mass is 16.5. The molecule has 2 aromatic carbocycles. The average Bonchev–Trinajstić information content (AvgIpc) is 2.92. The van der Waals surface area contributed by atoms with Crippen molar-refractivity contribution in [2.75, 3.05) is 6.61 Å². The standard InChI is InChI=1S/C18H17NO2/c1-12-6-5-9-18(13(12)2)21-11-17(20)15-10-19-16-8-4-3-7-14(15)16/h3-10,19H,11H2,1-2H3. The topological polar surface area (TPSA) is 42.1 Å². The minimum Gasteiger partial charge on any atom is -0.485 e. The number of rotatable bonds is 4. The fourth-order valence-corrected chi connectivity index (χ4v) is 2.40. The molecule has 0 bridgehead atoms. The van der Waals surface area contributed by atoms with Crippen LogP contribution in [0.2, 0.25) is 0 Å². The first-order valence-electron chi connectivity index (χ1n) is 6.95. The van der Waals surface area contributed by atoms with Crippen molar-refractivity contribution in [1.82, 2.24) is 4.98 Å². The van der Waals surface area contributed by atoms with Gasteiger partial charge >= 0.3 is 0 Å². The van der Waals surface area contributed by atoms with Crippen LogP contribution >= 0.6 is 0 Å². The SMILES string of the molecule is Cc1cccc(OCC(=O)c2c[nH]c3ccccc23)c1C. The van der Waals surface area contributed by atoms with Crippen molar-refractivity contribution in [2.45, 2.75) is 13.8 Å². The first-order chi connectivity index (χ1) is 10.2. The molecule has 0 unspecified atom stereocenters. The van der Waals surface area contributed by atoms with Crippen LogP contribution in [0.3, 0.4) is 0 Å². The number of aryl methyl sites for hydroxylation is 1. The smallest absolute Gasteiger partial charge is 0.202 e. The van der Waals surface area contributed by atoms with E-state index in [1.165, 1.54) is 0 Å². The average molecular weight is 279 g/mol. The van der Waals surface area contributed by atoms with Crippen LogP contribution in [0.1, 0.15) is 21.5 Å². The van der Waals surface area contributed by atoms with Crippen LogP contribution in [0.4, 0.5) is 0 Å². The number of aromatic nitrogens is 1. The number of ketones is 1. The molecule has 0 saturated heterocycles. The van der Waals surface area contributed by atoms with E-state index in [4.69, 9.17) is 4.74 Å². The molecule has 0 aliphatic rings. The highest BCUT2D eigenvalue weighted by Gasteiger charge is 2.13. The molecule has 0 amide bonds. The van der Waals surface area contributed by atoms with Gasteiger partial charge < -0.3 is 9.72 Å². The molecule has 1 aromatic heterocycles. The summed E-state index contributed by atoms with van der Waals surface area (Å²) in [4.78, 5) is 15.5. The van der Waals surface area contributed by atoms with Crippen LogP contribution in [0.15, 0.2) is 48.7 Å². The number of hydrogen-bond acceptors (Lipinski definition) is 2. The Morgan fingerprint density at radius 1 is 1.10 bits per heavy atom. The summed E-state index contributed by atoms with van der Waals surface area (Å²) in [5.41, 5.74) is 3.87. The van der Waals surface area contributed by atoms with E-state index in [-0.39, 0.29) is 12.4 Å². The number of H-pyrrole nitrogens is 1. The van der Waals surface area contributed by atoms with E-state index in [9.17, 15) is 4.79 Å². The highest BCUT2D eigenvalue weighted by Crippen LogP contribution is 2.22. The van der Waals surface area contributed by atoms with Gasteiger partial charge in [-0.15, -0.1) is 0 Å². The second-order valence-corrected chi connectivity index (χ2v) is 5.16. The largest absolute Gasteiger partial charge is 0.485 e. The predicted molar refractivity (Wildman–Crippen MR) is 84.0 cm³/mol. The van der Waals surface area contributed by atoms with Crippen LogP contribution < -0.4 is 4.74 Å². The van der Waals surface area contributed by atoms with E-state index < -0.39 is 0 Å². The molecule has 21 heavy (non-hydrogen) atoms. The molecule has 3 nitrogen and oxygen atoms in total. The van der Waals surface area contributed by atoms with Crippen LogP contribution in [-0.4, -0.2) is 17.4 Å². The van der Waals surface area contributed by atoms with Gasteiger partial charge in [0.1, 0.15) is 5.75 Å². The Balaban J connectivity index is 1.79. The number of para-hydroxylation sites is 1. The van der Waals surface area contributed by atoms with E-state index in [2.05, 4.69) is 4.98 Å². The lowest BCUT2D eigenvalue weighted by atomic mass is 10.1. The molecule has 106 valence electrons. The third-order valence-electron chi connectivity index (χ3n) is 3.80. The van der Waals surface area contributed by atoms with E-state index in [1.807, 2.05) is 56.3 Å². The maximum absolute atomic E-state index is 12.3. The van der Waals surface area contributed by atoms with Crippen LogP contribution in [0, 0.1) is 13.8 Å². The quantitative estimate of drug-likeness (QED) is 0.732. The zero-order valence-corrected chi connectivity index (χ0v) is 12.1. The summed E-state index contributed by atoms with van der Waals surface area (Å²) in [6.45, 7) is 4.08. The van der Waals surface area contributed by atoms with Gasteiger partial charge in [0.2, 0.25) is 5.78 Å². The Bertz CT molecular complexity index is 802. The third kappa shape index (κ3) is 2.55. The number of carbonyl (C=O) groups is 1. The molecule has 3 rings (SSSR count). The van der Waals surface area contributed by atoms with Gasteiger partial charge in [-0.25, -0.2) is 0 Å². The number of fused-ring (bicyclic) bond motifs is 1. The Labute approximate surface area is 123 Å². The molecule has 1 heterocycles. The second kappa shape index (κ2) is 5.44. The first kappa shape index (κ1) is 13.4. The van der Waals surface area contributed by atoms with Gasteiger partial charge in [0.05, 0.1) is 0 Å². The minimum atomic E-state index is -0.0200. The van der Waals surface area contributed by atoms with E-state index in [1.54, 1.807) is 6.20 Å². The molecule has 1 N–H and O–H groups in total. The van der Waals surface area contributed by atoms with Crippen molar-refractivity contribution >= 4 is 16.7 Å². The zero-order valence-electron chi connectivity index (χ0n) is 12.1. The van der Waals surface area contributed by atoms with Crippen molar-refractivity contribution in [3.8, 4) is 5.75 Å². The third-order valence-corrected chi connectivity index (χ3v) is 3.80. The number of aromatic amines is 1. The van der Waals surface area contributed by atoms with Crippen molar-refractivity contribution in [3.63, 3.8) is 0 Å². The van der Waals surface area contributed by atoms with E-state index in [0.29, 0.717) is 5.56 Å². The number of benzene rings is 2. The van der Waals surface area contributed by atoms with Crippen molar-refractivity contribution in [3.05, 3.63) is 65.4 Å². The number of Topliss-reactive ketones (excluding diaryl/α,β-unsaturated/α-hetero) is 1. The second-order valence-electron chi connectivity index (χ2n) is 5.16. The number of carbonyl (C=O) groups excluding carboxylic acids is 1. The van der Waals surface area contributed by atoms with Crippen molar-refractivity contribution in [2.24, 2.45) is 0 Å². The van der Waals surface area contributed by atoms with Gasteiger partial charge in [-0.3, -0.25) is 4.79 Å². The highest BCUT2D eigenvalue weighted by molar-refractivity contribution is 6.08. The first-order valence-corrected chi connectivity index (χ1v) is 6.95. The van der Waals surface area contributed by atoms with Gasteiger partial charge in [0.25, 0.3) is 0 Å². The molecule has 3 heteroatoms. The zero-order chi connectivity index (χ0) is 14.8. The van der Waals surface area contributed by atoms with Gasteiger partial charge in [-0.1, -0.05) is 30.3 Å². The summed E-state index contributed by atoms with van der Waals surface area (Å²) < 4.78 is 5.69. The summed E-state index contributed by atoms with van der Waals surface area (Å²) in [6.07, 6.45) is 1.75. The summed E-state index contributed by atoms with van der Waals surface area (Å²) in [5, 5.41) is 0.937. The summed E-state index contributed by atoms with van der Waals surface area (Å²) in [5.74, 6) is 0.747. The fraction of sp³-hybridized carbons (Fsp3) is 0.167. The Hall–Kier alpha value is -2.55.